The van der Waals surface area contributed by atoms with E-state index in [0.29, 0.717) is 12.1 Å². The third-order valence-corrected chi connectivity index (χ3v) is 4.59. The molecule has 2 aliphatic rings. The minimum atomic E-state index is -0.641. The van der Waals surface area contributed by atoms with Crippen molar-refractivity contribution in [3.63, 3.8) is 0 Å². The Morgan fingerprint density at radius 2 is 1.67 bits per heavy atom. The number of nitrogens with one attached hydrogen (secondary N) is 2. The molecule has 2 N–H and O–H groups in total. The Morgan fingerprint density at radius 3 is 2.42 bits per heavy atom. The summed E-state index contributed by atoms with van der Waals surface area (Å²) in [5.41, 5.74) is 4.57. The average molecular weight is 325 g/mol. The molecule has 2 amide bonds. The molecule has 2 saturated heterocycles. The van der Waals surface area contributed by atoms with E-state index in [4.69, 9.17) is 0 Å². The van der Waals surface area contributed by atoms with Gasteiger partial charge in [0.05, 0.1) is 12.0 Å². The smallest absolute Gasteiger partial charge is 0.246 e. The zero-order chi connectivity index (χ0) is 16.7. The van der Waals surface area contributed by atoms with Gasteiger partial charge in [-0.2, -0.15) is 0 Å². The number of nitrogens with zero attached hydrogens (tertiary/aromatic N) is 1. The molecular weight excluding hydrogens is 309 g/mol. The molecule has 0 aliphatic carbocycles. The van der Waals surface area contributed by atoms with E-state index in [2.05, 4.69) is 10.7 Å². The molecule has 2 heterocycles. The standard InChI is InChI=1S/C18H16FN3O2/c19-13-9-5-4-8-12(13)15-14-16(18(24)20-17(14)23)22(21-15)10-11-6-2-1-3-7-11/h1-9,14-16,21H,10H2,(H,20,23,24)/t14-,15-,16+/m1/s1. The first-order valence-electron chi connectivity index (χ1n) is 7.81. The van der Waals surface area contributed by atoms with Crippen molar-refractivity contribution in [3.8, 4) is 0 Å². The molecule has 0 saturated carbocycles. The SMILES string of the molecule is O=C1NC(=O)[C@@H]2[C@H]1[C@@H](c1ccccc1F)NN2Cc1ccccc1. The summed E-state index contributed by atoms with van der Waals surface area (Å²) in [6, 6.07) is 14.8. The number of hydrazine groups is 1. The molecule has 2 fully saturated rings. The predicted molar refractivity (Wildman–Crippen MR) is 84.7 cm³/mol. The summed E-state index contributed by atoms with van der Waals surface area (Å²) in [5, 5.41) is 4.11. The minimum Gasteiger partial charge on any atom is -0.295 e. The van der Waals surface area contributed by atoms with Crippen LogP contribution in [0.25, 0.3) is 0 Å². The van der Waals surface area contributed by atoms with Crippen LogP contribution in [0, 0.1) is 11.7 Å². The third-order valence-electron chi connectivity index (χ3n) is 4.59. The second-order valence-electron chi connectivity index (χ2n) is 6.07. The predicted octanol–water partition coefficient (Wildman–Crippen LogP) is 1.53. The lowest BCUT2D eigenvalue weighted by molar-refractivity contribution is -0.127. The lowest BCUT2D eigenvalue weighted by Crippen LogP contribution is -2.43. The number of hydrogen-bond acceptors (Lipinski definition) is 4. The molecule has 2 aromatic carbocycles. The number of carbonyl (C=O) groups is 2. The first kappa shape index (κ1) is 15.0. The van der Waals surface area contributed by atoms with Crippen molar-refractivity contribution in [1.29, 1.82) is 0 Å². The van der Waals surface area contributed by atoms with Crippen molar-refractivity contribution >= 4 is 11.8 Å². The van der Waals surface area contributed by atoms with Crippen LogP contribution in [0.4, 0.5) is 4.39 Å². The summed E-state index contributed by atoms with van der Waals surface area (Å²) < 4.78 is 14.2. The second-order valence-corrected chi connectivity index (χ2v) is 6.07. The summed E-state index contributed by atoms with van der Waals surface area (Å²) in [5.74, 6) is -1.73. The molecule has 0 bridgehead atoms. The Kier molecular flexibility index (Phi) is 3.63. The van der Waals surface area contributed by atoms with Crippen molar-refractivity contribution in [2.75, 3.05) is 0 Å². The summed E-state index contributed by atoms with van der Waals surface area (Å²) in [6.45, 7) is 0.452. The Balaban J connectivity index is 1.69. The highest BCUT2D eigenvalue weighted by Crippen LogP contribution is 2.38. The zero-order valence-corrected chi connectivity index (χ0v) is 12.8. The monoisotopic (exact) mass is 325 g/mol. The second kappa shape index (κ2) is 5.81. The van der Waals surface area contributed by atoms with Crippen molar-refractivity contribution in [2.45, 2.75) is 18.6 Å². The number of carbonyl (C=O) groups excluding carboxylic acids is 2. The fraction of sp³-hybridized carbons (Fsp3) is 0.222. The summed E-state index contributed by atoms with van der Waals surface area (Å²) in [6.07, 6.45) is 0. The van der Waals surface area contributed by atoms with Gasteiger partial charge in [-0.1, -0.05) is 48.5 Å². The van der Waals surface area contributed by atoms with E-state index in [0.717, 1.165) is 5.56 Å². The molecule has 4 rings (SSSR count). The van der Waals surface area contributed by atoms with Crippen molar-refractivity contribution < 1.29 is 14.0 Å². The molecule has 2 aliphatic heterocycles. The largest absolute Gasteiger partial charge is 0.295 e. The third kappa shape index (κ3) is 2.40. The van der Waals surface area contributed by atoms with Crippen LogP contribution in [-0.4, -0.2) is 22.9 Å². The molecule has 2 aromatic rings. The summed E-state index contributed by atoms with van der Waals surface area (Å²) in [7, 11) is 0. The van der Waals surface area contributed by atoms with Gasteiger partial charge in [0.25, 0.3) is 0 Å². The Hall–Kier alpha value is -2.57. The number of fused-ring (bicyclic) bond motifs is 1. The van der Waals surface area contributed by atoms with Crippen molar-refractivity contribution in [2.24, 2.45) is 5.92 Å². The van der Waals surface area contributed by atoms with Crippen LogP contribution in [0.1, 0.15) is 17.2 Å². The van der Waals surface area contributed by atoms with Crippen LogP contribution < -0.4 is 10.7 Å². The van der Waals surface area contributed by atoms with Gasteiger partial charge in [0, 0.05) is 12.1 Å². The summed E-state index contributed by atoms with van der Waals surface area (Å²) >= 11 is 0. The van der Waals surface area contributed by atoms with Crippen molar-refractivity contribution in [3.05, 3.63) is 71.5 Å². The summed E-state index contributed by atoms with van der Waals surface area (Å²) in [4.78, 5) is 24.5. The van der Waals surface area contributed by atoms with Gasteiger partial charge >= 0.3 is 0 Å². The number of amides is 2. The molecule has 0 aromatic heterocycles. The van der Waals surface area contributed by atoms with E-state index in [1.165, 1.54) is 6.07 Å². The molecule has 3 atom stereocenters. The average Bonchev–Trinajstić information content (AvgIpc) is 3.09. The quantitative estimate of drug-likeness (QED) is 0.840. The Bertz CT molecular complexity index is 796. The molecule has 24 heavy (non-hydrogen) atoms. The van der Waals surface area contributed by atoms with E-state index in [1.807, 2.05) is 30.3 Å². The van der Waals surface area contributed by atoms with E-state index >= 15 is 0 Å². The molecular formula is C18H16FN3O2. The Morgan fingerprint density at radius 1 is 0.958 bits per heavy atom. The van der Waals surface area contributed by atoms with Gasteiger partial charge in [-0.25, -0.2) is 14.8 Å². The van der Waals surface area contributed by atoms with Gasteiger partial charge in [-0.3, -0.25) is 14.9 Å². The molecule has 5 nitrogen and oxygen atoms in total. The van der Waals surface area contributed by atoms with Crippen LogP contribution in [-0.2, 0) is 16.1 Å². The van der Waals surface area contributed by atoms with E-state index in [-0.39, 0.29) is 17.6 Å². The lowest BCUT2D eigenvalue weighted by Gasteiger charge is -2.22. The number of halogens is 1. The zero-order valence-electron chi connectivity index (χ0n) is 12.8. The highest BCUT2D eigenvalue weighted by Gasteiger charge is 2.55. The number of rotatable bonds is 3. The van der Waals surface area contributed by atoms with E-state index < -0.39 is 18.0 Å². The lowest BCUT2D eigenvalue weighted by atomic mass is 9.90. The first-order chi connectivity index (χ1) is 11.6. The van der Waals surface area contributed by atoms with Gasteiger partial charge in [-0.15, -0.1) is 0 Å². The molecule has 0 unspecified atom stereocenters. The maximum Gasteiger partial charge on any atom is 0.246 e. The highest BCUT2D eigenvalue weighted by atomic mass is 19.1. The van der Waals surface area contributed by atoms with E-state index in [9.17, 15) is 14.0 Å². The van der Waals surface area contributed by atoms with Gasteiger partial charge in [0.2, 0.25) is 11.8 Å². The van der Waals surface area contributed by atoms with Gasteiger partial charge in [-0.05, 0) is 11.6 Å². The fourth-order valence-electron chi connectivity index (χ4n) is 3.51. The van der Waals surface area contributed by atoms with Crippen LogP contribution in [0.5, 0.6) is 0 Å². The normalized spacial score (nSPS) is 26.5. The van der Waals surface area contributed by atoms with Crippen molar-refractivity contribution in [1.82, 2.24) is 15.8 Å². The van der Waals surface area contributed by atoms with Gasteiger partial charge in [0.1, 0.15) is 11.9 Å². The number of imide groups is 1. The molecule has 122 valence electrons. The molecule has 0 spiro atoms. The Labute approximate surface area is 138 Å². The fourth-order valence-corrected chi connectivity index (χ4v) is 3.51. The van der Waals surface area contributed by atoms with E-state index in [1.54, 1.807) is 23.2 Å². The van der Waals surface area contributed by atoms with Crippen LogP contribution in [0.2, 0.25) is 0 Å². The minimum absolute atomic E-state index is 0.340. The van der Waals surface area contributed by atoms with Crippen LogP contribution in [0.3, 0.4) is 0 Å². The maximum atomic E-state index is 14.2. The number of hydrogen-bond donors (Lipinski definition) is 2. The van der Waals surface area contributed by atoms with Gasteiger partial charge in [0.15, 0.2) is 0 Å². The topological polar surface area (TPSA) is 61.4 Å². The molecule has 6 heteroatoms. The number of benzene rings is 2. The maximum absolute atomic E-state index is 14.2. The molecule has 0 radical (unpaired) electrons. The highest BCUT2D eigenvalue weighted by molar-refractivity contribution is 6.07. The van der Waals surface area contributed by atoms with Crippen LogP contribution >= 0.6 is 0 Å². The first-order valence-corrected chi connectivity index (χ1v) is 7.81. The van der Waals surface area contributed by atoms with Gasteiger partial charge < -0.3 is 0 Å². The van der Waals surface area contributed by atoms with Crippen LogP contribution in [0.15, 0.2) is 54.6 Å².